The van der Waals surface area contributed by atoms with Crippen LogP contribution in [-0.2, 0) is 0 Å². The highest BCUT2D eigenvalue weighted by Crippen LogP contribution is 2.40. The summed E-state index contributed by atoms with van der Waals surface area (Å²) in [6.45, 7) is 4.47. The van der Waals surface area contributed by atoms with E-state index in [9.17, 15) is 0 Å². The number of hydrogen-bond acceptors (Lipinski definition) is 2. The van der Waals surface area contributed by atoms with Gasteiger partial charge in [0.25, 0.3) is 0 Å². The Morgan fingerprint density at radius 3 is 1.52 bits per heavy atom. The van der Waals surface area contributed by atoms with Gasteiger partial charge < -0.3 is 0 Å². The molecule has 0 amide bonds. The van der Waals surface area contributed by atoms with Crippen LogP contribution in [0.3, 0.4) is 0 Å². The average molecular weight is 361 g/mol. The van der Waals surface area contributed by atoms with Crippen LogP contribution in [0, 0.1) is 0 Å². The molecule has 0 saturated heterocycles. The Morgan fingerprint density at radius 2 is 1.00 bits per heavy atom. The summed E-state index contributed by atoms with van der Waals surface area (Å²) in [6.07, 6.45) is 0. The average Bonchev–Trinajstić information content (AvgIpc) is 3.32. The maximum atomic E-state index is 2.25. The number of rotatable bonds is 4. The van der Waals surface area contributed by atoms with Crippen molar-refractivity contribution in [2.24, 2.45) is 0 Å². The zero-order valence-electron chi connectivity index (χ0n) is 14.4. The fourth-order valence-corrected chi connectivity index (χ4v) is 5.00. The van der Waals surface area contributed by atoms with Gasteiger partial charge in [-0.05, 0) is 46.9 Å². The molecule has 0 unspecified atom stereocenters. The maximum absolute atomic E-state index is 2.25. The van der Waals surface area contributed by atoms with Crippen LogP contribution in [0.1, 0.15) is 25.3 Å². The Balaban J connectivity index is 1.60. The summed E-state index contributed by atoms with van der Waals surface area (Å²) in [7, 11) is 0. The van der Waals surface area contributed by atoms with Gasteiger partial charge in [0, 0.05) is 19.5 Å². The van der Waals surface area contributed by atoms with Crippen molar-refractivity contribution in [1.82, 2.24) is 0 Å². The second kappa shape index (κ2) is 6.99. The van der Waals surface area contributed by atoms with Gasteiger partial charge in [0.05, 0.1) is 0 Å². The van der Waals surface area contributed by atoms with E-state index in [4.69, 9.17) is 0 Å². The highest BCUT2D eigenvalue weighted by atomic mass is 32.1. The lowest BCUT2D eigenvalue weighted by Crippen LogP contribution is -1.85. The molecular formula is C23H20S2. The Morgan fingerprint density at radius 1 is 0.520 bits per heavy atom. The van der Waals surface area contributed by atoms with Crippen molar-refractivity contribution in [1.29, 1.82) is 0 Å². The summed E-state index contributed by atoms with van der Waals surface area (Å²) in [6, 6.07) is 28.5. The molecule has 25 heavy (non-hydrogen) atoms. The fourth-order valence-electron chi connectivity index (χ4n) is 2.89. The summed E-state index contributed by atoms with van der Waals surface area (Å²) in [5.74, 6) is 0.579. The Labute approximate surface area is 157 Å². The molecular weight excluding hydrogens is 340 g/mol. The summed E-state index contributed by atoms with van der Waals surface area (Å²) in [5, 5.41) is 0. The molecule has 2 heterocycles. The molecule has 0 fully saturated rings. The minimum absolute atomic E-state index is 0.579. The van der Waals surface area contributed by atoms with Gasteiger partial charge in [0.1, 0.15) is 0 Å². The lowest BCUT2D eigenvalue weighted by atomic mass is 10.0. The van der Waals surface area contributed by atoms with Crippen molar-refractivity contribution in [3.05, 3.63) is 84.4 Å². The molecule has 0 aliphatic heterocycles. The third-order valence-corrected chi connectivity index (χ3v) is 6.84. The minimum atomic E-state index is 0.579. The van der Waals surface area contributed by atoms with Crippen LogP contribution in [0.25, 0.3) is 30.6 Å². The van der Waals surface area contributed by atoms with E-state index in [1.54, 1.807) is 0 Å². The smallest absolute Gasteiger partial charge is 0.0449 e. The van der Waals surface area contributed by atoms with Gasteiger partial charge in [-0.25, -0.2) is 0 Å². The van der Waals surface area contributed by atoms with Crippen LogP contribution in [0.15, 0.2) is 78.9 Å². The monoisotopic (exact) mass is 360 g/mol. The highest BCUT2D eigenvalue weighted by molar-refractivity contribution is 7.25. The van der Waals surface area contributed by atoms with E-state index in [1.807, 2.05) is 22.7 Å². The number of hydrogen-bond donors (Lipinski definition) is 0. The molecule has 0 saturated carbocycles. The largest absolute Gasteiger partial charge is 0.134 e. The second-order valence-corrected chi connectivity index (χ2v) is 8.64. The molecule has 2 aromatic heterocycles. The van der Waals surface area contributed by atoms with E-state index in [0.717, 1.165) is 0 Å². The van der Waals surface area contributed by atoms with Crippen LogP contribution in [-0.4, -0.2) is 0 Å². The molecule has 0 bridgehead atoms. The van der Waals surface area contributed by atoms with Crippen molar-refractivity contribution in [3.63, 3.8) is 0 Å². The minimum Gasteiger partial charge on any atom is -0.134 e. The molecule has 4 aromatic rings. The molecule has 0 N–H and O–H groups in total. The summed E-state index contributed by atoms with van der Waals surface area (Å²) in [5.41, 5.74) is 3.99. The van der Waals surface area contributed by atoms with E-state index in [1.165, 1.54) is 36.2 Å². The Bertz CT molecular complexity index is 957. The van der Waals surface area contributed by atoms with Gasteiger partial charge in [0.2, 0.25) is 0 Å². The highest BCUT2D eigenvalue weighted by Gasteiger charge is 2.09. The van der Waals surface area contributed by atoms with Crippen molar-refractivity contribution in [2.75, 3.05) is 0 Å². The standard InChI is InChI=1S/C23H20S2/c1-16(2)17-8-10-19(11-9-17)21-13-15-23(25-21)22-14-12-20(24-22)18-6-4-3-5-7-18/h3-16H,1-2H3. The van der Waals surface area contributed by atoms with E-state index in [-0.39, 0.29) is 0 Å². The van der Waals surface area contributed by atoms with Gasteiger partial charge in [0.15, 0.2) is 0 Å². The van der Waals surface area contributed by atoms with Crippen molar-refractivity contribution in [3.8, 4) is 30.6 Å². The molecule has 0 spiro atoms. The van der Waals surface area contributed by atoms with E-state index >= 15 is 0 Å². The topological polar surface area (TPSA) is 0 Å². The lowest BCUT2D eigenvalue weighted by molar-refractivity contribution is 0.867. The first-order valence-corrected chi connectivity index (χ1v) is 10.2. The van der Waals surface area contributed by atoms with Crippen LogP contribution >= 0.6 is 22.7 Å². The Kier molecular flexibility index (Phi) is 4.56. The molecule has 4 rings (SSSR count). The molecule has 0 radical (unpaired) electrons. The van der Waals surface area contributed by atoms with Gasteiger partial charge in [-0.15, -0.1) is 22.7 Å². The van der Waals surface area contributed by atoms with Crippen LogP contribution < -0.4 is 0 Å². The van der Waals surface area contributed by atoms with E-state index in [2.05, 4.69) is 92.7 Å². The van der Waals surface area contributed by atoms with Crippen LogP contribution in [0.4, 0.5) is 0 Å². The van der Waals surface area contributed by atoms with Crippen molar-refractivity contribution in [2.45, 2.75) is 19.8 Å². The zero-order valence-corrected chi connectivity index (χ0v) is 16.0. The molecule has 0 atom stereocenters. The van der Waals surface area contributed by atoms with Gasteiger partial charge in [-0.1, -0.05) is 68.4 Å². The van der Waals surface area contributed by atoms with Gasteiger partial charge >= 0.3 is 0 Å². The van der Waals surface area contributed by atoms with Crippen molar-refractivity contribution >= 4 is 22.7 Å². The predicted octanol–water partition coefficient (Wildman–Crippen LogP) is 7.93. The normalized spacial score (nSPS) is 11.2. The predicted molar refractivity (Wildman–Crippen MR) is 113 cm³/mol. The zero-order chi connectivity index (χ0) is 17.2. The third kappa shape index (κ3) is 3.46. The fraction of sp³-hybridized carbons (Fsp3) is 0.130. The van der Waals surface area contributed by atoms with Crippen LogP contribution in [0.2, 0.25) is 0 Å². The molecule has 0 aliphatic rings. The molecule has 2 heteroatoms. The first-order chi connectivity index (χ1) is 12.2. The summed E-state index contributed by atoms with van der Waals surface area (Å²) in [4.78, 5) is 5.34. The molecule has 124 valence electrons. The second-order valence-electron chi connectivity index (χ2n) is 6.47. The van der Waals surface area contributed by atoms with Crippen LogP contribution in [0.5, 0.6) is 0 Å². The number of benzene rings is 2. The van der Waals surface area contributed by atoms with Crippen molar-refractivity contribution < 1.29 is 0 Å². The first-order valence-electron chi connectivity index (χ1n) is 8.56. The van der Waals surface area contributed by atoms with E-state index in [0.29, 0.717) is 5.92 Å². The van der Waals surface area contributed by atoms with Gasteiger partial charge in [-0.2, -0.15) is 0 Å². The molecule has 0 nitrogen and oxygen atoms in total. The van der Waals surface area contributed by atoms with Gasteiger partial charge in [-0.3, -0.25) is 0 Å². The Hall–Kier alpha value is -2.16. The number of thiophene rings is 2. The lowest BCUT2D eigenvalue weighted by Gasteiger charge is -2.05. The third-order valence-electron chi connectivity index (χ3n) is 4.38. The molecule has 0 aliphatic carbocycles. The summed E-state index contributed by atoms with van der Waals surface area (Å²) < 4.78 is 0. The summed E-state index contributed by atoms with van der Waals surface area (Å²) >= 11 is 3.74. The maximum Gasteiger partial charge on any atom is 0.0449 e. The molecule has 2 aromatic carbocycles. The quantitative estimate of drug-likeness (QED) is 0.346. The van der Waals surface area contributed by atoms with E-state index < -0.39 is 0 Å². The SMILES string of the molecule is CC(C)c1ccc(-c2ccc(-c3ccc(-c4ccccc4)s3)s2)cc1. The first kappa shape index (κ1) is 16.3.